The number of nitrogens with zero attached hydrogens (tertiary/aromatic N) is 2. The number of aliphatic hydroxyl groups excluding tert-OH is 1. The number of fused-ring (bicyclic) bond motifs is 1. The van der Waals surface area contributed by atoms with E-state index in [2.05, 4.69) is 46.3 Å². The summed E-state index contributed by atoms with van der Waals surface area (Å²) in [5, 5.41) is 12.5. The Morgan fingerprint density at radius 1 is 1.09 bits per heavy atom. The summed E-state index contributed by atoms with van der Waals surface area (Å²) in [4.78, 5) is 7.14. The number of benzene rings is 1. The fraction of sp³-hybridized carbons (Fsp3) is 0.464. The van der Waals surface area contributed by atoms with E-state index in [1.807, 2.05) is 18.3 Å². The third kappa shape index (κ3) is 4.82. The molecule has 32 heavy (non-hydrogen) atoms. The lowest BCUT2D eigenvalue weighted by molar-refractivity contribution is 0.0530. The van der Waals surface area contributed by atoms with E-state index in [4.69, 9.17) is 4.42 Å². The van der Waals surface area contributed by atoms with Crippen LogP contribution >= 0.6 is 0 Å². The van der Waals surface area contributed by atoms with Gasteiger partial charge in [-0.1, -0.05) is 43.5 Å². The second-order valence-corrected chi connectivity index (χ2v) is 9.49. The molecule has 1 N–H and O–H groups in total. The van der Waals surface area contributed by atoms with Crippen molar-refractivity contribution < 1.29 is 9.52 Å². The minimum Gasteiger partial charge on any atom is -0.464 e. The zero-order chi connectivity index (χ0) is 21.8. The van der Waals surface area contributed by atoms with Crippen LogP contribution in [0.1, 0.15) is 62.1 Å². The summed E-state index contributed by atoms with van der Waals surface area (Å²) >= 11 is 0. The molecule has 2 aromatic heterocycles. The van der Waals surface area contributed by atoms with Gasteiger partial charge in [-0.25, -0.2) is 0 Å². The van der Waals surface area contributed by atoms with Crippen molar-refractivity contribution in [3.05, 3.63) is 72.3 Å². The van der Waals surface area contributed by atoms with Crippen LogP contribution in [-0.4, -0.2) is 40.7 Å². The second kappa shape index (κ2) is 10.0. The molecule has 0 bridgehead atoms. The zero-order valence-electron chi connectivity index (χ0n) is 18.8. The third-order valence-electron chi connectivity index (χ3n) is 7.49. The Kier molecular flexibility index (Phi) is 6.70. The predicted octanol–water partition coefficient (Wildman–Crippen LogP) is 6.03. The molecule has 2 atom stereocenters. The monoisotopic (exact) mass is 430 g/mol. The van der Waals surface area contributed by atoms with Crippen LogP contribution in [0.4, 0.5) is 0 Å². The van der Waals surface area contributed by atoms with E-state index in [0.717, 1.165) is 62.0 Å². The van der Waals surface area contributed by atoms with Gasteiger partial charge in [0.25, 0.3) is 0 Å². The Bertz CT molecular complexity index is 1040. The molecule has 4 heteroatoms. The minimum absolute atomic E-state index is 0.117. The number of pyridine rings is 1. The van der Waals surface area contributed by atoms with Crippen molar-refractivity contribution in [3.8, 4) is 0 Å². The molecule has 0 amide bonds. The van der Waals surface area contributed by atoms with E-state index in [0.29, 0.717) is 5.92 Å². The molecule has 0 radical (unpaired) electrons. The molecule has 3 heterocycles. The molecule has 1 aliphatic carbocycles. The van der Waals surface area contributed by atoms with E-state index >= 15 is 0 Å². The highest BCUT2D eigenvalue weighted by Gasteiger charge is 2.31. The Balaban J connectivity index is 1.23. The standard InChI is InChI=1S/C28H34N2O2/c31-28(23-6-2-1-3-7-23)25(26-8-4-5-15-29-26)13-18-30-16-11-21(12-17-30)24-10-9-22-14-19-32-27(22)20-24/h4-5,8-11,14-15,19-20,23,25,28,31H,1-3,6-7,12-13,16-18H2. The zero-order valence-corrected chi connectivity index (χ0v) is 18.8. The molecule has 4 nitrogen and oxygen atoms in total. The molecule has 3 aromatic rings. The lowest BCUT2D eigenvalue weighted by Gasteiger charge is -2.34. The number of aliphatic hydroxyl groups is 1. The van der Waals surface area contributed by atoms with Gasteiger partial charge in [-0.05, 0) is 73.5 Å². The van der Waals surface area contributed by atoms with Crippen LogP contribution in [0.15, 0.2) is 65.4 Å². The van der Waals surface area contributed by atoms with Gasteiger partial charge < -0.3 is 9.52 Å². The molecular weight excluding hydrogens is 396 g/mol. The number of aromatic nitrogens is 1. The summed E-state index contributed by atoms with van der Waals surface area (Å²) in [5.74, 6) is 0.533. The molecule has 2 unspecified atom stereocenters. The lowest BCUT2D eigenvalue weighted by atomic mass is 9.78. The molecule has 2 aliphatic rings. The Morgan fingerprint density at radius 3 is 2.78 bits per heavy atom. The molecule has 0 spiro atoms. The van der Waals surface area contributed by atoms with Crippen LogP contribution in [0.2, 0.25) is 0 Å². The third-order valence-corrected chi connectivity index (χ3v) is 7.49. The van der Waals surface area contributed by atoms with Crippen LogP contribution in [0.5, 0.6) is 0 Å². The van der Waals surface area contributed by atoms with E-state index in [-0.39, 0.29) is 12.0 Å². The van der Waals surface area contributed by atoms with Gasteiger partial charge in [0.15, 0.2) is 0 Å². The van der Waals surface area contributed by atoms with Gasteiger partial charge in [-0.2, -0.15) is 0 Å². The average molecular weight is 431 g/mol. The van der Waals surface area contributed by atoms with Crippen molar-refractivity contribution in [2.24, 2.45) is 5.92 Å². The average Bonchev–Trinajstić information content (AvgIpc) is 3.34. The summed E-state index contributed by atoms with van der Waals surface area (Å²) in [7, 11) is 0. The van der Waals surface area contributed by atoms with Crippen LogP contribution in [-0.2, 0) is 0 Å². The van der Waals surface area contributed by atoms with Crippen molar-refractivity contribution in [2.45, 2.75) is 57.0 Å². The van der Waals surface area contributed by atoms with Crippen LogP contribution in [0.25, 0.3) is 16.5 Å². The van der Waals surface area contributed by atoms with E-state index in [1.54, 1.807) is 6.26 Å². The highest BCUT2D eigenvalue weighted by atomic mass is 16.3. The molecular formula is C28H34N2O2. The van der Waals surface area contributed by atoms with Gasteiger partial charge >= 0.3 is 0 Å². The fourth-order valence-corrected chi connectivity index (χ4v) is 5.55. The molecule has 1 fully saturated rings. The van der Waals surface area contributed by atoms with E-state index in [9.17, 15) is 5.11 Å². The van der Waals surface area contributed by atoms with Crippen molar-refractivity contribution in [2.75, 3.05) is 19.6 Å². The first-order valence-corrected chi connectivity index (χ1v) is 12.3. The smallest absolute Gasteiger partial charge is 0.134 e. The Labute approximate surface area is 191 Å². The highest BCUT2D eigenvalue weighted by molar-refractivity contribution is 5.82. The summed E-state index contributed by atoms with van der Waals surface area (Å²) in [6.07, 6.45) is 13.8. The maximum atomic E-state index is 11.3. The van der Waals surface area contributed by atoms with Crippen LogP contribution in [0.3, 0.4) is 0 Å². The Hall–Kier alpha value is -2.43. The summed E-state index contributed by atoms with van der Waals surface area (Å²) < 4.78 is 5.58. The predicted molar refractivity (Wildman–Crippen MR) is 129 cm³/mol. The number of rotatable bonds is 7. The van der Waals surface area contributed by atoms with Gasteiger partial charge in [-0.3, -0.25) is 9.88 Å². The molecule has 5 rings (SSSR count). The van der Waals surface area contributed by atoms with Gasteiger partial charge in [0.2, 0.25) is 0 Å². The summed E-state index contributed by atoms with van der Waals surface area (Å²) in [6, 6.07) is 14.6. The quantitative estimate of drug-likeness (QED) is 0.497. The SMILES string of the molecule is OC(C1CCCCC1)C(CCN1CC=C(c2ccc3ccoc3c2)CC1)c1ccccn1. The van der Waals surface area contributed by atoms with Gasteiger partial charge in [0.1, 0.15) is 5.58 Å². The molecule has 1 saturated carbocycles. The summed E-state index contributed by atoms with van der Waals surface area (Å²) in [6.45, 7) is 3.00. The topological polar surface area (TPSA) is 49.5 Å². The first kappa shape index (κ1) is 21.4. The first-order chi connectivity index (χ1) is 15.8. The molecule has 168 valence electrons. The van der Waals surface area contributed by atoms with Gasteiger partial charge in [0, 0.05) is 36.3 Å². The van der Waals surface area contributed by atoms with Crippen molar-refractivity contribution >= 4 is 16.5 Å². The number of furan rings is 1. The van der Waals surface area contributed by atoms with E-state index < -0.39 is 0 Å². The number of hydrogen-bond donors (Lipinski definition) is 1. The van der Waals surface area contributed by atoms with Crippen molar-refractivity contribution in [3.63, 3.8) is 0 Å². The molecule has 0 saturated heterocycles. The number of hydrogen-bond acceptors (Lipinski definition) is 4. The summed E-state index contributed by atoms with van der Waals surface area (Å²) in [5.41, 5.74) is 4.68. The maximum Gasteiger partial charge on any atom is 0.134 e. The minimum atomic E-state index is -0.291. The van der Waals surface area contributed by atoms with Gasteiger partial charge in [0.05, 0.1) is 12.4 Å². The van der Waals surface area contributed by atoms with Crippen molar-refractivity contribution in [1.82, 2.24) is 9.88 Å². The molecule has 1 aliphatic heterocycles. The molecule has 1 aromatic carbocycles. The normalized spacial score (nSPS) is 20.2. The van der Waals surface area contributed by atoms with Crippen LogP contribution in [0, 0.1) is 5.92 Å². The first-order valence-electron chi connectivity index (χ1n) is 12.3. The Morgan fingerprint density at radius 2 is 2.00 bits per heavy atom. The van der Waals surface area contributed by atoms with Gasteiger partial charge in [-0.15, -0.1) is 0 Å². The highest BCUT2D eigenvalue weighted by Crippen LogP contribution is 2.35. The van der Waals surface area contributed by atoms with Crippen LogP contribution < -0.4 is 0 Å². The van der Waals surface area contributed by atoms with E-state index in [1.165, 1.54) is 30.4 Å². The fourth-order valence-electron chi connectivity index (χ4n) is 5.55. The largest absolute Gasteiger partial charge is 0.464 e. The lowest BCUT2D eigenvalue weighted by Crippen LogP contribution is -2.35. The van der Waals surface area contributed by atoms with Crippen molar-refractivity contribution in [1.29, 1.82) is 0 Å². The maximum absolute atomic E-state index is 11.3. The second-order valence-electron chi connectivity index (χ2n) is 9.49.